The minimum absolute atomic E-state index is 0.151. The molecule has 5 N–H and O–H groups in total. The number of pyridine rings is 1. The molecule has 3 aliphatic rings. The lowest BCUT2D eigenvalue weighted by Crippen LogP contribution is -2.34. The lowest BCUT2D eigenvalue weighted by atomic mass is 9.72. The van der Waals surface area contributed by atoms with E-state index in [9.17, 15) is 13.5 Å². The van der Waals surface area contributed by atoms with Crippen molar-refractivity contribution < 1.29 is 23.4 Å². The number of ether oxygens (including phenoxy) is 1. The number of aliphatic hydroxyl groups is 2. The number of anilines is 1. The minimum atomic E-state index is -4.07. The molecule has 0 saturated heterocycles. The molecule has 2 unspecified atom stereocenters. The summed E-state index contributed by atoms with van der Waals surface area (Å²) in [5.74, 6) is 0.908. The molecule has 1 saturated carbocycles. The van der Waals surface area contributed by atoms with Gasteiger partial charge in [-0.05, 0) is 60.4 Å². The van der Waals surface area contributed by atoms with E-state index >= 15 is 0 Å². The predicted molar refractivity (Wildman–Crippen MR) is 163 cm³/mol. The van der Waals surface area contributed by atoms with E-state index in [1.807, 2.05) is 24.4 Å². The SMILES string of the molecule is CCC1C=CN=C2CCC(C)(C)CC2=C1N1CCOc2ccc(-c3cnc(N)c(S(=O)(=O)NCC(O)CO)c3)cc2C1. The number of hydrogen-bond donors (Lipinski definition) is 4. The number of allylic oxidation sites excluding steroid dienone is 2. The highest BCUT2D eigenvalue weighted by atomic mass is 32.2. The third-order valence-corrected chi connectivity index (χ3v) is 9.75. The number of aromatic nitrogens is 1. The molecule has 0 amide bonds. The van der Waals surface area contributed by atoms with Gasteiger partial charge in [0.15, 0.2) is 0 Å². The van der Waals surface area contributed by atoms with E-state index in [2.05, 4.69) is 41.5 Å². The lowest BCUT2D eigenvalue weighted by Gasteiger charge is -2.38. The third kappa shape index (κ3) is 6.39. The molecule has 1 aliphatic carbocycles. The van der Waals surface area contributed by atoms with Gasteiger partial charge in [0.2, 0.25) is 10.0 Å². The van der Waals surface area contributed by atoms with Crippen molar-refractivity contribution in [3.05, 3.63) is 59.6 Å². The number of hydrogen-bond acceptors (Lipinski definition) is 9. The van der Waals surface area contributed by atoms with E-state index < -0.39 is 22.7 Å². The summed E-state index contributed by atoms with van der Waals surface area (Å²) in [7, 11) is -4.07. The molecule has 2 aromatic rings. The van der Waals surface area contributed by atoms with Crippen LogP contribution < -0.4 is 15.2 Å². The summed E-state index contributed by atoms with van der Waals surface area (Å²) in [5.41, 5.74) is 12.4. The van der Waals surface area contributed by atoms with Crippen molar-refractivity contribution >= 4 is 21.6 Å². The second kappa shape index (κ2) is 12.2. The maximum Gasteiger partial charge on any atom is 0.244 e. The molecular formula is C31H41N5O5S. The summed E-state index contributed by atoms with van der Waals surface area (Å²) in [6.07, 6.45) is 8.58. The molecule has 226 valence electrons. The summed E-state index contributed by atoms with van der Waals surface area (Å²) in [4.78, 5) is 11.3. The Balaban J connectivity index is 1.50. The molecule has 0 bridgehead atoms. The van der Waals surface area contributed by atoms with Crippen molar-refractivity contribution in [3.8, 4) is 16.9 Å². The molecule has 5 rings (SSSR count). The van der Waals surface area contributed by atoms with Crippen molar-refractivity contribution in [2.24, 2.45) is 16.3 Å². The van der Waals surface area contributed by atoms with Crippen LogP contribution in [0.1, 0.15) is 52.0 Å². The second-order valence-electron chi connectivity index (χ2n) is 12.0. The topological polar surface area (TPSA) is 150 Å². The fraction of sp³-hybridized carbons (Fsp3) is 0.484. The highest BCUT2D eigenvalue weighted by Crippen LogP contribution is 2.43. The Kier molecular flexibility index (Phi) is 8.75. The smallest absolute Gasteiger partial charge is 0.244 e. The van der Waals surface area contributed by atoms with Crippen LogP contribution in [0.5, 0.6) is 5.75 Å². The number of benzene rings is 1. The molecule has 42 heavy (non-hydrogen) atoms. The van der Waals surface area contributed by atoms with Crippen LogP contribution in [0.2, 0.25) is 0 Å². The molecule has 2 aliphatic heterocycles. The highest BCUT2D eigenvalue weighted by molar-refractivity contribution is 7.89. The highest BCUT2D eigenvalue weighted by Gasteiger charge is 2.34. The van der Waals surface area contributed by atoms with E-state index in [0.717, 1.165) is 49.1 Å². The molecular weight excluding hydrogens is 554 g/mol. The van der Waals surface area contributed by atoms with Crippen molar-refractivity contribution in [3.63, 3.8) is 0 Å². The van der Waals surface area contributed by atoms with E-state index in [-0.39, 0.29) is 28.6 Å². The van der Waals surface area contributed by atoms with Crippen molar-refractivity contribution in [1.29, 1.82) is 0 Å². The average Bonchev–Trinajstić information content (AvgIpc) is 3.28. The summed E-state index contributed by atoms with van der Waals surface area (Å²) >= 11 is 0. The number of rotatable bonds is 8. The van der Waals surface area contributed by atoms with Gasteiger partial charge in [-0.15, -0.1) is 0 Å². The van der Waals surface area contributed by atoms with Gasteiger partial charge in [0.25, 0.3) is 0 Å². The number of aliphatic imine (C=N–C) groups is 1. The van der Waals surface area contributed by atoms with Crippen LogP contribution in [0.15, 0.2) is 63.9 Å². The number of nitrogens with one attached hydrogen (secondary N) is 1. The maximum absolute atomic E-state index is 12.9. The van der Waals surface area contributed by atoms with Crippen LogP contribution in [0.3, 0.4) is 0 Å². The quantitative estimate of drug-likeness (QED) is 0.361. The van der Waals surface area contributed by atoms with Gasteiger partial charge < -0.3 is 25.6 Å². The number of fused-ring (bicyclic) bond motifs is 2. The van der Waals surface area contributed by atoms with Gasteiger partial charge >= 0.3 is 0 Å². The average molecular weight is 596 g/mol. The third-order valence-electron chi connectivity index (χ3n) is 8.30. The molecule has 1 aromatic heterocycles. The normalized spacial score (nSPS) is 21.0. The van der Waals surface area contributed by atoms with Gasteiger partial charge in [-0.25, -0.2) is 18.1 Å². The van der Waals surface area contributed by atoms with Gasteiger partial charge in [0.1, 0.15) is 23.1 Å². The Morgan fingerprint density at radius 2 is 2.07 bits per heavy atom. The monoisotopic (exact) mass is 595 g/mol. The number of nitrogen functional groups attached to an aromatic ring is 1. The molecule has 1 aromatic carbocycles. The van der Waals surface area contributed by atoms with E-state index in [1.54, 1.807) is 6.20 Å². The first-order chi connectivity index (χ1) is 20.0. The largest absolute Gasteiger partial charge is 0.491 e. The predicted octanol–water partition coefficient (Wildman–Crippen LogP) is 3.62. The van der Waals surface area contributed by atoms with E-state index in [4.69, 9.17) is 20.6 Å². The molecule has 1 fully saturated rings. The Hall–Kier alpha value is -3.25. The fourth-order valence-corrected chi connectivity index (χ4v) is 7.10. The first-order valence-electron chi connectivity index (χ1n) is 14.5. The molecule has 3 heterocycles. The molecule has 0 spiro atoms. The molecule has 11 heteroatoms. The van der Waals surface area contributed by atoms with Gasteiger partial charge in [-0.3, -0.25) is 4.99 Å². The van der Waals surface area contributed by atoms with Gasteiger partial charge in [-0.2, -0.15) is 0 Å². The first kappa shape index (κ1) is 30.2. The minimum Gasteiger partial charge on any atom is -0.491 e. The zero-order valence-electron chi connectivity index (χ0n) is 24.5. The number of nitrogens with two attached hydrogens (primary N) is 1. The number of aliphatic hydroxyl groups excluding tert-OH is 2. The maximum atomic E-state index is 12.9. The van der Waals surface area contributed by atoms with Crippen molar-refractivity contribution in [2.45, 2.75) is 64.0 Å². The molecule has 0 radical (unpaired) electrons. The summed E-state index contributed by atoms with van der Waals surface area (Å²) in [6, 6.07) is 7.32. The Morgan fingerprint density at radius 3 is 2.83 bits per heavy atom. The standard InChI is InChI=1S/C31H41N5O5S/c1-4-20-8-10-33-26-7-9-31(2,3)15-25(26)29(20)36-11-12-41-27-6-5-21(13-23(27)18-36)22-14-28(30(32)34-16-22)42(39,40)35-17-24(38)19-37/h5-6,8,10,13-14,16,20,24,35,37-38H,4,7,9,11-12,15,17-19H2,1-3H3,(H2,32,34). The van der Waals surface area contributed by atoms with Gasteiger partial charge in [0.05, 0.1) is 19.3 Å². The van der Waals surface area contributed by atoms with Crippen LogP contribution in [0, 0.1) is 11.3 Å². The first-order valence-corrected chi connectivity index (χ1v) is 16.0. The van der Waals surface area contributed by atoms with Crippen LogP contribution >= 0.6 is 0 Å². The van der Waals surface area contributed by atoms with Crippen LogP contribution in [0.4, 0.5) is 5.82 Å². The summed E-state index contributed by atoms with van der Waals surface area (Å²) in [6.45, 7) is 7.92. The molecule has 10 nitrogen and oxygen atoms in total. The van der Waals surface area contributed by atoms with Crippen LogP contribution in [0.25, 0.3) is 11.1 Å². The Morgan fingerprint density at radius 1 is 1.26 bits per heavy atom. The van der Waals surface area contributed by atoms with Crippen molar-refractivity contribution in [2.75, 3.05) is 32.0 Å². The van der Waals surface area contributed by atoms with Crippen LogP contribution in [-0.4, -0.2) is 66.6 Å². The summed E-state index contributed by atoms with van der Waals surface area (Å²) < 4.78 is 34.3. The van der Waals surface area contributed by atoms with Crippen LogP contribution in [-0.2, 0) is 16.6 Å². The Labute approximate surface area is 248 Å². The zero-order valence-corrected chi connectivity index (χ0v) is 25.3. The van der Waals surface area contributed by atoms with E-state index in [1.165, 1.54) is 23.0 Å². The second-order valence-corrected chi connectivity index (χ2v) is 13.8. The lowest BCUT2D eigenvalue weighted by molar-refractivity contribution is 0.0988. The number of nitrogens with zero attached hydrogens (tertiary/aromatic N) is 3. The zero-order chi connectivity index (χ0) is 30.1. The van der Waals surface area contributed by atoms with Crippen molar-refractivity contribution in [1.82, 2.24) is 14.6 Å². The van der Waals surface area contributed by atoms with Gasteiger partial charge in [-0.1, -0.05) is 32.9 Å². The number of sulfonamides is 1. The van der Waals surface area contributed by atoms with E-state index in [0.29, 0.717) is 18.7 Å². The summed E-state index contributed by atoms with van der Waals surface area (Å²) in [5, 5.41) is 18.6. The Bertz CT molecular complexity index is 1530. The fourth-order valence-electron chi connectivity index (χ4n) is 5.92. The molecule has 2 atom stereocenters. The van der Waals surface area contributed by atoms with Gasteiger partial charge in [0, 0.05) is 53.9 Å².